The molecule has 0 bridgehead atoms. The molecule has 0 amide bonds. The summed E-state index contributed by atoms with van der Waals surface area (Å²) >= 11 is 1.67. The van der Waals surface area contributed by atoms with Crippen LogP contribution in [0.25, 0.3) is 10.9 Å². The zero-order chi connectivity index (χ0) is 14.7. The van der Waals surface area contributed by atoms with Crippen LogP contribution in [0.1, 0.15) is 15.9 Å². The lowest BCUT2D eigenvalue weighted by atomic mass is 10.1. The molecule has 0 aliphatic carbocycles. The fraction of sp³-hybridized carbons (Fsp3) is 0.125. The third kappa shape index (κ3) is 2.92. The number of fused-ring (bicyclic) bond motifs is 1. The number of H-pyrrole nitrogens is 1. The summed E-state index contributed by atoms with van der Waals surface area (Å²) in [4.78, 5) is 12.7. The number of hydrogen-bond donors (Lipinski definition) is 1. The Labute approximate surface area is 126 Å². The Kier molecular flexibility index (Phi) is 3.92. The van der Waals surface area contributed by atoms with E-state index >= 15 is 0 Å². The number of carbonyl (C=O) groups excluding carboxylic acids is 1. The minimum absolute atomic E-state index is 0.334. The highest BCUT2D eigenvalue weighted by Gasteiger charge is 2.12. The van der Waals surface area contributed by atoms with Crippen LogP contribution in [0, 0.1) is 0 Å². The van der Waals surface area contributed by atoms with Gasteiger partial charge in [-0.2, -0.15) is 5.10 Å². The molecule has 3 aromatic rings. The molecule has 1 aromatic heterocycles. The summed E-state index contributed by atoms with van der Waals surface area (Å²) in [7, 11) is 1.39. The Morgan fingerprint density at radius 3 is 2.86 bits per heavy atom. The molecule has 21 heavy (non-hydrogen) atoms. The molecular formula is C16H14N2O2S. The number of esters is 1. The molecule has 0 spiro atoms. The molecule has 0 aliphatic heterocycles. The molecule has 106 valence electrons. The minimum atomic E-state index is -0.334. The van der Waals surface area contributed by atoms with Gasteiger partial charge in [-0.05, 0) is 17.7 Å². The zero-order valence-corrected chi connectivity index (χ0v) is 12.3. The van der Waals surface area contributed by atoms with Gasteiger partial charge >= 0.3 is 5.97 Å². The number of aromatic nitrogens is 2. The van der Waals surface area contributed by atoms with E-state index in [2.05, 4.69) is 22.3 Å². The summed E-state index contributed by atoms with van der Waals surface area (Å²) in [6.07, 6.45) is 1.72. The van der Waals surface area contributed by atoms with Gasteiger partial charge in [0.15, 0.2) is 0 Å². The van der Waals surface area contributed by atoms with Crippen molar-refractivity contribution in [1.82, 2.24) is 10.2 Å². The monoisotopic (exact) mass is 298 g/mol. The van der Waals surface area contributed by atoms with E-state index in [1.165, 1.54) is 12.7 Å². The second kappa shape index (κ2) is 6.01. The number of benzene rings is 2. The van der Waals surface area contributed by atoms with E-state index in [-0.39, 0.29) is 5.97 Å². The van der Waals surface area contributed by atoms with Gasteiger partial charge in [-0.3, -0.25) is 5.10 Å². The normalized spacial score (nSPS) is 10.7. The molecule has 0 fully saturated rings. The van der Waals surface area contributed by atoms with Gasteiger partial charge in [0.25, 0.3) is 0 Å². The highest BCUT2D eigenvalue weighted by Crippen LogP contribution is 2.30. The highest BCUT2D eigenvalue weighted by molar-refractivity contribution is 7.98. The van der Waals surface area contributed by atoms with Crippen LogP contribution in [-0.4, -0.2) is 23.3 Å². The molecule has 0 unspecified atom stereocenters. The van der Waals surface area contributed by atoms with Crippen molar-refractivity contribution in [2.45, 2.75) is 10.6 Å². The first-order chi connectivity index (χ1) is 10.3. The van der Waals surface area contributed by atoms with Gasteiger partial charge in [-0.15, -0.1) is 11.8 Å². The lowest BCUT2D eigenvalue weighted by molar-refractivity contribution is 0.0600. The van der Waals surface area contributed by atoms with E-state index in [0.717, 1.165) is 21.6 Å². The molecule has 0 saturated carbocycles. The molecule has 0 atom stereocenters. The van der Waals surface area contributed by atoms with Gasteiger partial charge in [0.05, 0.1) is 24.4 Å². The van der Waals surface area contributed by atoms with Crippen molar-refractivity contribution >= 4 is 28.6 Å². The van der Waals surface area contributed by atoms with Crippen molar-refractivity contribution in [3.05, 3.63) is 59.8 Å². The topological polar surface area (TPSA) is 55.0 Å². The molecule has 3 rings (SSSR count). The first-order valence-electron chi connectivity index (χ1n) is 6.50. The third-order valence-corrected chi connectivity index (χ3v) is 4.28. The van der Waals surface area contributed by atoms with Crippen LogP contribution in [-0.2, 0) is 10.5 Å². The van der Waals surface area contributed by atoms with E-state index < -0.39 is 0 Å². The van der Waals surface area contributed by atoms with Gasteiger partial charge in [0.1, 0.15) is 0 Å². The second-order valence-corrected chi connectivity index (χ2v) is 5.59. The van der Waals surface area contributed by atoms with Crippen molar-refractivity contribution in [3.8, 4) is 0 Å². The Morgan fingerprint density at radius 1 is 1.29 bits per heavy atom. The summed E-state index contributed by atoms with van der Waals surface area (Å²) in [5.74, 6) is 0.499. The number of rotatable bonds is 4. The molecule has 0 saturated heterocycles. The summed E-state index contributed by atoms with van der Waals surface area (Å²) in [6, 6.07) is 13.8. The third-order valence-electron chi connectivity index (χ3n) is 3.17. The van der Waals surface area contributed by atoms with Crippen molar-refractivity contribution < 1.29 is 9.53 Å². The van der Waals surface area contributed by atoms with Crippen molar-refractivity contribution in [3.63, 3.8) is 0 Å². The number of methoxy groups -OCH3 is 1. The minimum Gasteiger partial charge on any atom is -0.465 e. The highest BCUT2D eigenvalue weighted by atomic mass is 32.2. The van der Waals surface area contributed by atoms with Crippen LogP contribution in [0.2, 0.25) is 0 Å². The maximum atomic E-state index is 11.7. The van der Waals surface area contributed by atoms with Gasteiger partial charge in [-0.1, -0.05) is 30.3 Å². The number of hydrogen-bond acceptors (Lipinski definition) is 4. The molecule has 0 radical (unpaired) electrons. The molecule has 2 aromatic carbocycles. The van der Waals surface area contributed by atoms with Crippen LogP contribution < -0.4 is 0 Å². The van der Waals surface area contributed by atoms with Gasteiger partial charge < -0.3 is 4.74 Å². The van der Waals surface area contributed by atoms with Gasteiger partial charge in [0, 0.05) is 16.0 Å². The van der Waals surface area contributed by atoms with Crippen LogP contribution >= 0.6 is 11.8 Å². The zero-order valence-electron chi connectivity index (χ0n) is 11.5. The standard InChI is InChI=1S/C16H14N2O2S/c1-20-16(19)12-7-13-9-17-18-15(13)14(8-12)21-10-11-5-3-2-4-6-11/h2-9H,10H2,1H3,(H,17,18). The van der Waals surface area contributed by atoms with E-state index in [1.807, 2.05) is 24.3 Å². The Bertz CT molecular complexity index is 768. The number of ether oxygens (including phenoxy) is 1. The average Bonchev–Trinajstić information content (AvgIpc) is 3.01. The molecule has 0 aliphatic rings. The maximum absolute atomic E-state index is 11.7. The Balaban J connectivity index is 1.92. The molecule has 1 heterocycles. The first kappa shape index (κ1) is 13.7. The largest absolute Gasteiger partial charge is 0.465 e. The van der Waals surface area contributed by atoms with Crippen molar-refractivity contribution in [2.24, 2.45) is 0 Å². The quantitative estimate of drug-likeness (QED) is 0.590. The van der Waals surface area contributed by atoms with E-state index in [0.29, 0.717) is 5.56 Å². The smallest absolute Gasteiger partial charge is 0.337 e. The predicted molar refractivity (Wildman–Crippen MR) is 83.4 cm³/mol. The van der Waals surface area contributed by atoms with E-state index in [9.17, 15) is 4.79 Å². The summed E-state index contributed by atoms with van der Waals surface area (Å²) < 4.78 is 4.80. The van der Waals surface area contributed by atoms with Crippen LogP contribution in [0.5, 0.6) is 0 Å². The Morgan fingerprint density at radius 2 is 2.10 bits per heavy atom. The lowest BCUT2D eigenvalue weighted by Gasteiger charge is -2.06. The Hall–Kier alpha value is -2.27. The van der Waals surface area contributed by atoms with Crippen LogP contribution in [0.3, 0.4) is 0 Å². The van der Waals surface area contributed by atoms with Crippen LogP contribution in [0.15, 0.2) is 53.6 Å². The second-order valence-electron chi connectivity index (χ2n) is 4.57. The number of aromatic amines is 1. The number of carbonyl (C=O) groups is 1. The van der Waals surface area contributed by atoms with Gasteiger partial charge in [0.2, 0.25) is 0 Å². The number of nitrogens with zero attached hydrogens (tertiary/aromatic N) is 1. The number of nitrogens with one attached hydrogen (secondary N) is 1. The fourth-order valence-corrected chi connectivity index (χ4v) is 3.14. The molecule has 5 heteroatoms. The predicted octanol–water partition coefficient (Wildman–Crippen LogP) is 3.64. The summed E-state index contributed by atoms with van der Waals surface area (Å²) in [5, 5.41) is 7.95. The average molecular weight is 298 g/mol. The van der Waals surface area contributed by atoms with Crippen molar-refractivity contribution in [2.75, 3.05) is 7.11 Å². The summed E-state index contributed by atoms with van der Waals surface area (Å²) in [6.45, 7) is 0. The fourth-order valence-electron chi connectivity index (χ4n) is 2.11. The first-order valence-corrected chi connectivity index (χ1v) is 7.48. The van der Waals surface area contributed by atoms with E-state index in [1.54, 1.807) is 24.0 Å². The maximum Gasteiger partial charge on any atom is 0.337 e. The van der Waals surface area contributed by atoms with E-state index in [4.69, 9.17) is 4.74 Å². The number of thioether (sulfide) groups is 1. The lowest BCUT2D eigenvalue weighted by Crippen LogP contribution is -2.01. The van der Waals surface area contributed by atoms with Crippen molar-refractivity contribution in [1.29, 1.82) is 0 Å². The molecule has 4 nitrogen and oxygen atoms in total. The van der Waals surface area contributed by atoms with Gasteiger partial charge in [-0.25, -0.2) is 4.79 Å². The molecule has 1 N–H and O–H groups in total. The summed E-state index contributed by atoms with van der Waals surface area (Å²) in [5.41, 5.74) is 2.73. The SMILES string of the molecule is COC(=O)c1cc(SCc2ccccc2)c2[nH]ncc2c1. The molecular weight excluding hydrogens is 284 g/mol. The van der Waals surface area contributed by atoms with Crippen LogP contribution in [0.4, 0.5) is 0 Å².